The third kappa shape index (κ3) is 3.60. The van der Waals surface area contributed by atoms with Gasteiger partial charge in [-0.05, 0) is 19.1 Å². The first kappa shape index (κ1) is 10.9. The molecule has 0 aliphatic carbocycles. The van der Waals surface area contributed by atoms with Crippen LogP contribution in [0.4, 0.5) is 0 Å². The Bertz CT molecular complexity index is 395. The molecule has 0 spiro atoms. The summed E-state index contributed by atoms with van der Waals surface area (Å²) in [4.78, 5) is 20.6. The van der Waals surface area contributed by atoms with E-state index in [-0.39, 0.29) is 5.56 Å². The quantitative estimate of drug-likeness (QED) is 0.739. The Labute approximate surface area is 86.8 Å². The molecule has 0 fully saturated rings. The fraction of sp³-hybridized carbons (Fsp3) is 0.100. The summed E-state index contributed by atoms with van der Waals surface area (Å²) in [6.45, 7) is 1.67. The summed E-state index contributed by atoms with van der Waals surface area (Å²) in [6, 6.07) is 3.14. The molecule has 0 aliphatic heterocycles. The topological polar surface area (TPSA) is 78.9 Å². The molecule has 0 saturated carbocycles. The number of rotatable bonds is 1. The van der Waals surface area contributed by atoms with Crippen LogP contribution in [0.25, 0.3) is 0 Å². The highest BCUT2D eigenvalue weighted by Gasteiger charge is 2.04. The highest BCUT2D eigenvalue weighted by molar-refractivity contribution is 5.88. The molecular weight excluding hydrogens is 194 g/mol. The third-order valence-electron chi connectivity index (χ3n) is 1.64. The van der Waals surface area contributed by atoms with Gasteiger partial charge < -0.3 is 10.1 Å². The van der Waals surface area contributed by atoms with Crippen molar-refractivity contribution in [2.45, 2.75) is 6.92 Å². The molecule has 0 aromatic carbocycles. The lowest BCUT2D eigenvalue weighted by Gasteiger charge is -1.95. The molecular formula is C10H11N3O2. The first-order valence-electron chi connectivity index (χ1n) is 4.29. The van der Waals surface area contributed by atoms with Gasteiger partial charge in [0.2, 0.25) is 0 Å². The first-order chi connectivity index (χ1) is 7.22. The summed E-state index contributed by atoms with van der Waals surface area (Å²) < 4.78 is 0. The maximum absolute atomic E-state index is 10.4. The van der Waals surface area contributed by atoms with Crippen molar-refractivity contribution < 1.29 is 9.90 Å². The normalized spacial score (nSPS) is 8.87. The van der Waals surface area contributed by atoms with Crippen LogP contribution in [-0.4, -0.2) is 26.0 Å². The number of aryl methyl sites for hydroxylation is 1. The van der Waals surface area contributed by atoms with E-state index in [4.69, 9.17) is 5.11 Å². The van der Waals surface area contributed by atoms with Gasteiger partial charge in [-0.15, -0.1) is 0 Å². The molecule has 78 valence electrons. The predicted molar refractivity (Wildman–Crippen MR) is 54.5 cm³/mol. The minimum atomic E-state index is -0.925. The van der Waals surface area contributed by atoms with E-state index in [1.807, 2.05) is 0 Å². The van der Waals surface area contributed by atoms with Crippen molar-refractivity contribution >= 4 is 5.97 Å². The van der Waals surface area contributed by atoms with E-state index in [1.165, 1.54) is 6.07 Å². The lowest BCUT2D eigenvalue weighted by Crippen LogP contribution is -2.00. The lowest BCUT2D eigenvalue weighted by molar-refractivity contribution is 0.0695. The van der Waals surface area contributed by atoms with E-state index < -0.39 is 5.97 Å². The number of hydrogen-bond donors (Lipinski definition) is 2. The van der Waals surface area contributed by atoms with Crippen LogP contribution in [0.1, 0.15) is 16.1 Å². The van der Waals surface area contributed by atoms with Crippen LogP contribution < -0.4 is 0 Å². The maximum Gasteiger partial charge on any atom is 0.337 e. The Morgan fingerprint density at radius 1 is 1.47 bits per heavy atom. The van der Waals surface area contributed by atoms with Crippen LogP contribution in [-0.2, 0) is 0 Å². The van der Waals surface area contributed by atoms with Crippen LogP contribution in [0.2, 0.25) is 0 Å². The van der Waals surface area contributed by atoms with E-state index in [2.05, 4.69) is 15.0 Å². The number of aromatic carboxylic acids is 1. The van der Waals surface area contributed by atoms with E-state index >= 15 is 0 Å². The van der Waals surface area contributed by atoms with Crippen molar-refractivity contribution in [2.75, 3.05) is 0 Å². The zero-order valence-electron chi connectivity index (χ0n) is 8.21. The molecule has 0 saturated heterocycles. The van der Waals surface area contributed by atoms with Gasteiger partial charge in [0.15, 0.2) is 0 Å². The Balaban J connectivity index is 0.000000187. The number of pyridine rings is 1. The van der Waals surface area contributed by atoms with Crippen LogP contribution in [0.5, 0.6) is 0 Å². The number of H-pyrrole nitrogens is 1. The van der Waals surface area contributed by atoms with E-state index in [1.54, 1.807) is 37.9 Å². The van der Waals surface area contributed by atoms with Crippen molar-refractivity contribution in [1.29, 1.82) is 0 Å². The summed E-state index contributed by atoms with van der Waals surface area (Å²) in [6.07, 6.45) is 6.65. The second-order valence-electron chi connectivity index (χ2n) is 2.70. The minimum Gasteiger partial charge on any atom is -0.478 e. The number of hydrogen-bond acceptors (Lipinski definition) is 3. The molecule has 5 nitrogen and oxygen atoms in total. The highest BCUT2D eigenvalue weighted by atomic mass is 16.4. The van der Waals surface area contributed by atoms with Gasteiger partial charge >= 0.3 is 5.97 Å². The molecule has 0 aliphatic rings. The summed E-state index contributed by atoms with van der Waals surface area (Å²) in [5, 5.41) is 8.53. The summed E-state index contributed by atoms with van der Waals surface area (Å²) >= 11 is 0. The van der Waals surface area contributed by atoms with Crippen LogP contribution in [0, 0.1) is 6.92 Å². The lowest BCUT2D eigenvalue weighted by atomic mass is 10.2. The number of aromatic amines is 1. The van der Waals surface area contributed by atoms with Gasteiger partial charge in [-0.25, -0.2) is 9.78 Å². The number of carbonyl (C=O) groups is 1. The number of nitrogens with zero attached hydrogens (tertiary/aromatic N) is 2. The van der Waals surface area contributed by atoms with E-state index in [0.717, 1.165) is 0 Å². The van der Waals surface area contributed by atoms with Gasteiger partial charge in [-0.3, -0.25) is 4.98 Å². The van der Waals surface area contributed by atoms with Crippen LogP contribution in [0.3, 0.4) is 0 Å². The van der Waals surface area contributed by atoms with Gasteiger partial charge in [0, 0.05) is 18.6 Å². The number of imidazole rings is 1. The number of nitrogens with one attached hydrogen (secondary N) is 1. The maximum atomic E-state index is 10.4. The van der Waals surface area contributed by atoms with Gasteiger partial charge in [0.05, 0.1) is 17.6 Å². The van der Waals surface area contributed by atoms with Gasteiger partial charge in [-0.2, -0.15) is 0 Å². The van der Waals surface area contributed by atoms with Crippen LogP contribution in [0.15, 0.2) is 37.1 Å². The van der Waals surface area contributed by atoms with Crippen molar-refractivity contribution in [3.05, 3.63) is 48.3 Å². The predicted octanol–water partition coefficient (Wildman–Crippen LogP) is 1.50. The summed E-state index contributed by atoms with van der Waals surface area (Å²) in [5.41, 5.74) is 0.817. The molecule has 2 aromatic heterocycles. The molecule has 2 rings (SSSR count). The van der Waals surface area contributed by atoms with Gasteiger partial charge in [0.25, 0.3) is 0 Å². The zero-order valence-corrected chi connectivity index (χ0v) is 8.21. The third-order valence-corrected chi connectivity index (χ3v) is 1.64. The standard InChI is InChI=1S/C7H7NO2.C3H4N2/c1-5-6(7(9)10)3-2-4-8-5;1-2-5-3-4-1/h2-4H,1H3,(H,9,10);1-3H,(H,4,5). The SMILES string of the molecule is Cc1ncccc1C(=O)O.c1c[nH]cn1. The minimum absolute atomic E-state index is 0.266. The monoisotopic (exact) mass is 205 g/mol. The fourth-order valence-electron chi connectivity index (χ4n) is 0.925. The second kappa shape index (κ2) is 5.54. The van der Waals surface area contributed by atoms with Crippen molar-refractivity contribution in [2.24, 2.45) is 0 Å². The Morgan fingerprint density at radius 2 is 2.27 bits per heavy atom. The molecule has 0 unspecified atom stereocenters. The second-order valence-corrected chi connectivity index (χ2v) is 2.70. The largest absolute Gasteiger partial charge is 0.478 e. The smallest absolute Gasteiger partial charge is 0.337 e. The zero-order chi connectivity index (χ0) is 11.1. The molecule has 0 radical (unpaired) electrons. The fourth-order valence-corrected chi connectivity index (χ4v) is 0.925. The van der Waals surface area contributed by atoms with Gasteiger partial charge in [0.1, 0.15) is 0 Å². The number of carboxylic acid groups (broad SMARTS) is 1. The Morgan fingerprint density at radius 3 is 2.60 bits per heavy atom. The van der Waals surface area contributed by atoms with Crippen molar-refractivity contribution in [1.82, 2.24) is 15.0 Å². The molecule has 2 heterocycles. The molecule has 0 atom stereocenters. The number of carboxylic acids is 1. The van der Waals surface area contributed by atoms with E-state index in [0.29, 0.717) is 5.69 Å². The van der Waals surface area contributed by atoms with E-state index in [9.17, 15) is 4.79 Å². The number of aromatic nitrogens is 3. The molecule has 0 amide bonds. The highest BCUT2D eigenvalue weighted by Crippen LogP contribution is 2.01. The van der Waals surface area contributed by atoms with Crippen molar-refractivity contribution in [3.63, 3.8) is 0 Å². The molecule has 0 bridgehead atoms. The molecule has 2 N–H and O–H groups in total. The average molecular weight is 205 g/mol. The van der Waals surface area contributed by atoms with Gasteiger partial charge in [-0.1, -0.05) is 0 Å². The summed E-state index contributed by atoms with van der Waals surface area (Å²) in [5.74, 6) is -0.925. The first-order valence-corrected chi connectivity index (χ1v) is 4.29. The molecule has 2 aromatic rings. The average Bonchev–Trinajstić information content (AvgIpc) is 2.75. The van der Waals surface area contributed by atoms with Crippen LogP contribution >= 0.6 is 0 Å². The molecule has 5 heteroatoms. The molecule has 15 heavy (non-hydrogen) atoms. The summed E-state index contributed by atoms with van der Waals surface area (Å²) in [7, 11) is 0. The Hall–Kier alpha value is -2.17. The van der Waals surface area contributed by atoms with Crippen molar-refractivity contribution in [3.8, 4) is 0 Å². The Kier molecular flexibility index (Phi) is 4.03.